The number of anilines is 1. The molecule has 1 N–H and O–H groups in total. The zero-order chi connectivity index (χ0) is 29.3. The number of hydrogen-bond acceptors (Lipinski definition) is 5. The predicted molar refractivity (Wildman–Crippen MR) is 159 cm³/mol. The Kier molecular flexibility index (Phi) is 10.7. The molecule has 8 nitrogen and oxygen atoms in total. The lowest BCUT2D eigenvalue weighted by molar-refractivity contribution is -0.140. The normalized spacial score (nSPS) is 11.9. The molecule has 0 unspecified atom stereocenters. The van der Waals surface area contributed by atoms with Crippen molar-refractivity contribution in [3.8, 4) is 5.75 Å². The largest absolute Gasteiger partial charge is 0.495 e. The number of nitrogens with zero attached hydrogens (tertiary/aromatic N) is 2. The number of carbonyl (C=O) groups excluding carboxylic acids is 2. The highest BCUT2D eigenvalue weighted by Crippen LogP contribution is 2.31. The number of nitrogens with one attached hydrogen (secondary N) is 1. The van der Waals surface area contributed by atoms with Gasteiger partial charge in [-0.25, -0.2) is 8.42 Å². The minimum Gasteiger partial charge on any atom is -0.495 e. The summed E-state index contributed by atoms with van der Waals surface area (Å²) in [4.78, 5) is 29.2. The summed E-state index contributed by atoms with van der Waals surface area (Å²) in [7, 11) is -2.44. The Hall–Kier alpha value is -3.85. The molecule has 0 spiro atoms. The van der Waals surface area contributed by atoms with Crippen molar-refractivity contribution >= 4 is 27.5 Å². The van der Waals surface area contributed by atoms with E-state index in [-0.39, 0.29) is 24.6 Å². The summed E-state index contributed by atoms with van der Waals surface area (Å²) in [6, 6.07) is 21.5. The number of aryl methyl sites for hydroxylation is 2. The summed E-state index contributed by atoms with van der Waals surface area (Å²) in [5.41, 5.74) is 3.83. The third-order valence-corrected chi connectivity index (χ3v) is 7.66. The lowest BCUT2D eigenvalue weighted by atomic mass is 10.0. The molecule has 0 fully saturated rings. The van der Waals surface area contributed by atoms with Gasteiger partial charge in [0.2, 0.25) is 21.8 Å². The fraction of sp³-hybridized carbons (Fsp3) is 0.355. The van der Waals surface area contributed by atoms with Crippen molar-refractivity contribution in [1.82, 2.24) is 10.2 Å². The van der Waals surface area contributed by atoms with Gasteiger partial charge < -0.3 is 15.0 Å². The Balaban J connectivity index is 2.08. The molecule has 9 heteroatoms. The van der Waals surface area contributed by atoms with Gasteiger partial charge in [0.25, 0.3) is 0 Å². The molecule has 3 aromatic carbocycles. The van der Waals surface area contributed by atoms with Gasteiger partial charge in [0.15, 0.2) is 0 Å². The zero-order valence-corrected chi connectivity index (χ0v) is 24.7. The Bertz CT molecular complexity index is 1410. The first-order valence-corrected chi connectivity index (χ1v) is 15.2. The average molecular weight is 566 g/mol. The van der Waals surface area contributed by atoms with Crippen LogP contribution in [0.25, 0.3) is 0 Å². The van der Waals surface area contributed by atoms with Gasteiger partial charge in [-0.3, -0.25) is 13.9 Å². The summed E-state index contributed by atoms with van der Waals surface area (Å²) in [5, 5.41) is 2.94. The third kappa shape index (κ3) is 8.32. The van der Waals surface area contributed by atoms with E-state index >= 15 is 0 Å². The van der Waals surface area contributed by atoms with Crippen LogP contribution in [0, 0.1) is 13.8 Å². The van der Waals surface area contributed by atoms with E-state index in [1.807, 2.05) is 81.4 Å². The van der Waals surface area contributed by atoms with Crippen molar-refractivity contribution in [1.29, 1.82) is 0 Å². The molecular formula is C31H39N3O5S. The van der Waals surface area contributed by atoms with E-state index in [1.54, 1.807) is 12.1 Å². The van der Waals surface area contributed by atoms with E-state index < -0.39 is 28.5 Å². The number of sulfonamides is 1. The number of amides is 2. The quantitative estimate of drug-likeness (QED) is 0.334. The molecule has 0 saturated heterocycles. The Morgan fingerprint density at radius 2 is 1.60 bits per heavy atom. The molecule has 0 bridgehead atoms. The van der Waals surface area contributed by atoms with Gasteiger partial charge in [-0.1, -0.05) is 73.2 Å². The standard InChI is InChI=1S/C31H39N3O5S/c1-6-17-32-31(36)28(20-25-12-8-7-9-13-25)33(21-26-14-10-11-23(2)18-26)30(35)22-34(40(5,37)38)27-19-24(3)15-16-29(27)39-4/h7-16,18-19,28H,6,17,20-22H2,1-5H3,(H,32,36)/t28-/m1/s1. The molecule has 3 aromatic rings. The van der Waals surface area contributed by atoms with Crippen molar-refractivity contribution in [2.75, 3.05) is 30.8 Å². The molecule has 214 valence electrons. The molecule has 3 rings (SSSR count). The highest BCUT2D eigenvalue weighted by molar-refractivity contribution is 7.92. The SMILES string of the molecule is CCCNC(=O)[C@@H](Cc1ccccc1)N(Cc1cccc(C)c1)C(=O)CN(c1cc(C)ccc1OC)S(C)(=O)=O. The maximum atomic E-state index is 14.2. The van der Waals surface area contributed by atoms with Crippen LogP contribution in [0.15, 0.2) is 72.8 Å². The maximum Gasteiger partial charge on any atom is 0.244 e. The highest BCUT2D eigenvalue weighted by Gasteiger charge is 2.33. The van der Waals surface area contributed by atoms with Crippen LogP contribution >= 0.6 is 0 Å². The van der Waals surface area contributed by atoms with Crippen molar-refractivity contribution in [2.24, 2.45) is 0 Å². The van der Waals surface area contributed by atoms with Crippen LogP contribution in [0.2, 0.25) is 0 Å². The minimum absolute atomic E-state index is 0.139. The Morgan fingerprint density at radius 3 is 2.23 bits per heavy atom. The third-order valence-electron chi connectivity index (χ3n) is 6.54. The van der Waals surface area contributed by atoms with E-state index in [2.05, 4.69) is 5.32 Å². The van der Waals surface area contributed by atoms with E-state index in [0.717, 1.165) is 39.2 Å². The predicted octanol–water partition coefficient (Wildman–Crippen LogP) is 4.24. The van der Waals surface area contributed by atoms with E-state index in [9.17, 15) is 18.0 Å². The molecule has 0 aliphatic rings. The number of hydrogen-bond donors (Lipinski definition) is 1. The summed E-state index contributed by atoms with van der Waals surface area (Å²) in [6.45, 7) is 5.87. The molecule has 1 atom stereocenters. The van der Waals surface area contributed by atoms with Crippen molar-refractivity contribution in [2.45, 2.75) is 46.2 Å². The van der Waals surface area contributed by atoms with Gasteiger partial charge in [-0.05, 0) is 49.1 Å². The van der Waals surface area contributed by atoms with Gasteiger partial charge in [0, 0.05) is 19.5 Å². The molecular weight excluding hydrogens is 526 g/mol. The number of benzene rings is 3. The Morgan fingerprint density at radius 1 is 0.925 bits per heavy atom. The van der Waals surface area contributed by atoms with Crippen LogP contribution in [0.4, 0.5) is 5.69 Å². The number of ether oxygens (including phenoxy) is 1. The lowest BCUT2D eigenvalue weighted by Gasteiger charge is -2.34. The van der Waals surface area contributed by atoms with E-state index in [1.165, 1.54) is 12.0 Å². The smallest absolute Gasteiger partial charge is 0.244 e. The first-order valence-electron chi connectivity index (χ1n) is 13.3. The van der Waals surface area contributed by atoms with Crippen LogP contribution in [0.3, 0.4) is 0 Å². The molecule has 0 aliphatic carbocycles. The molecule has 40 heavy (non-hydrogen) atoms. The fourth-order valence-electron chi connectivity index (χ4n) is 4.52. The molecule has 0 aliphatic heterocycles. The van der Waals surface area contributed by atoms with Crippen LogP contribution in [-0.4, -0.2) is 57.6 Å². The second-order valence-corrected chi connectivity index (χ2v) is 11.9. The first kappa shape index (κ1) is 30.7. The maximum absolute atomic E-state index is 14.2. The monoisotopic (exact) mass is 565 g/mol. The van der Waals surface area contributed by atoms with Crippen molar-refractivity contribution in [3.05, 3.63) is 95.1 Å². The molecule has 0 saturated carbocycles. The summed E-state index contributed by atoms with van der Waals surface area (Å²) < 4.78 is 32.5. The molecule has 2 amide bonds. The van der Waals surface area contributed by atoms with Crippen molar-refractivity contribution < 1.29 is 22.7 Å². The van der Waals surface area contributed by atoms with Crippen LogP contribution in [-0.2, 0) is 32.6 Å². The van der Waals surface area contributed by atoms with E-state index in [4.69, 9.17) is 4.74 Å². The molecule has 0 aromatic heterocycles. The molecule has 0 radical (unpaired) electrons. The van der Waals surface area contributed by atoms with E-state index in [0.29, 0.717) is 12.3 Å². The summed E-state index contributed by atoms with van der Waals surface area (Å²) >= 11 is 0. The van der Waals surface area contributed by atoms with Gasteiger partial charge in [0.1, 0.15) is 18.3 Å². The van der Waals surface area contributed by atoms with Gasteiger partial charge >= 0.3 is 0 Å². The summed E-state index contributed by atoms with van der Waals surface area (Å²) in [6.07, 6.45) is 2.08. The van der Waals surface area contributed by atoms with Crippen LogP contribution < -0.4 is 14.4 Å². The fourth-order valence-corrected chi connectivity index (χ4v) is 5.36. The van der Waals surface area contributed by atoms with Crippen LogP contribution in [0.5, 0.6) is 5.75 Å². The van der Waals surface area contributed by atoms with Gasteiger partial charge in [0.05, 0.1) is 19.1 Å². The minimum atomic E-state index is -3.89. The topological polar surface area (TPSA) is 96.0 Å². The van der Waals surface area contributed by atoms with Gasteiger partial charge in [-0.2, -0.15) is 0 Å². The Labute approximate surface area is 238 Å². The zero-order valence-electron chi connectivity index (χ0n) is 23.9. The lowest BCUT2D eigenvalue weighted by Crippen LogP contribution is -2.53. The summed E-state index contributed by atoms with van der Waals surface area (Å²) in [5.74, 6) is -0.454. The van der Waals surface area contributed by atoms with Crippen LogP contribution in [0.1, 0.15) is 35.6 Å². The highest BCUT2D eigenvalue weighted by atomic mass is 32.2. The number of rotatable bonds is 13. The number of carbonyl (C=O) groups is 2. The number of methoxy groups -OCH3 is 1. The molecule has 0 heterocycles. The van der Waals surface area contributed by atoms with Crippen molar-refractivity contribution in [3.63, 3.8) is 0 Å². The second-order valence-electron chi connectivity index (χ2n) is 9.95. The van der Waals surface area contributed by atoms with Gasteiger partial charge in [-0.15, -0.1) is 0 Å². The average Bonchev–Trinajstić information content (AvgIpc) is 2.92. The second kappa shape index (κ2) is 14.0. The first-order chi connectivity index (χ1) is 19.0.